The Morgan fingerprint density at radius 2 is 2.11 bits per heavy atom. The van der Waals surface area contributed by atoms with Gasteiger partial charge in [0.05, 0.1) is 11.1 Å². The molecule has 0 saturated carbocycles. The van der Waals surface area contributed by atoms with Crippen LogP contribution in [-0.2, 0) is 0 Å². The Morgan fingerprint density at radius 1 is 1.53 bits per heavy atom. The van der Waals surface area contributed by atoms with Crippen molar-refractivity contribution in [1.82, 2.24) is 5.32 Å². The van der Waals surface area contributed by atoms with Crippen molar-refractivity contribution in [3.8, 4) is 0 Å². The Hall–Kier alpha value is -0.290. The molecule has 3 nitrogen and oxygen atoms in total. The highest BCUT2D eigenvalue weighted by Gasteiger charge is 2.29. The summed E-state index contributed by atoms with van der Waals surface area (Å²) < 4.78 is 0.677. The first-order valence-electron chi connectivity index (χ1n) is 5.78. The maximum atomic E-state index is 12.2. The van der Waals surface area contributed by atoms with Gasteiger partial charge in [0.15, 0.2) is 0 Å². The lowest BCUT2D eigenvalue weighted by Gasteiger charge is -2.33. The molecule has 0 aliphatic heterocycles. The van der Waals surface area contributed by atoms with Gasteiger partial charge in [0.2, 0.25) is 0 Å². The second-order valence-electron chi connectivity index (χ2n) is 4.85. The van der Waals surface area contributed by atoms with Crippen LogP contribution in [0.2, 0.25) is 5.02 Å². The molecule has 1 rings (SSSR count). The van der Waals surface area contributed by atoms with E-state index in [0.717, 1.165) is 0 Å². The third-order valence-corrected chi connectivity index (χ3v) is 4.16. The van der Waals surface area contributed by atoms with Gasteiger partial charge in [-0.05, 0) is 47.0 Å². The Bertz CT molecular complexity index is 454. The average molecular weight is 370 g/mol. The number of nitrogens with one attached hydrogen (secondary N) is 1. The number of carbonyl (C=O) groups is 1. The number of amides is 1. The van der Waals surface area contributed by atoms with Crippen LogP contribution in [0.5, 0.6) is 0 Å². The molecule has 6 heteroatoms. The number of halogens is 3. The largest absolute Gasteiger partial charge is 0.345 e. The lowest BCUT2D eigenvalue weighted by molar-refractivity contribution is 0.0882. The molecule has 0 spiro atoms. The smallest absolute Gasteiger partial charge is 0.252 e. The zero-order valence-electron chi connectivity index (χ0n) is 11.2. The lowest BCUT2D eigenvalue weighted by atomic mass is 9.88. The van der Waals surface area contributed by atoms with Crippen LogP contribution in [0.1, 0.15) is 31.1 Å². The second kappa shape index (κ2) is 7.48. The van der Waals surface area contributed by atoms with Crippen LogP contribution in [-0.4, -0.2) is 18.0 Å². The van der Waals surface area contributed by atoms with Crippen LogP contribution in [0.25, 0.3) is 0 Å². The molecule has 0 saturated heterocycles. The SMILES string of the molecule is CC(C)C(C)(CN)NC(=O)c1ccc(Cl)cc1Br.Cl. The molecular weight excluding hydrogens is 351 g/mol. The molecule has 0 aliphatic carbocycles. The van der Waals surface area contributed by atoms with Crippen molar-refractivity contribution in [2.75, 3.05) is 6.54 Å². The monoisotopic (exact) mass is 368 g/mol. The predicted molar refractivity (Wildman–Crippen MR) is 86.2 cm³/mol. The minimum Gasteiger partial charge on any atom is -0.345 e. The molecule has 0 fully saturated rings. The van der Waals surface area contributed by atoms with E-state index in [-0.39, 0.29) is 24.2 Å². The summed E-state index contributed by atoms with van der Waals surface area (Å²) in [6, 6.07) is 5.08. The van der Waals surface area contributed by atoms with Crippen molar-refractivity contribution in [2.24, 2.45) is 11.7 Å². The van der Waals surface area contributed by atoms with Crippen LogP contribution < -0.4 is 11.1 Å². The Kier molecular flexibility index (Phi) is 7.37. The minimum atomic E-state index is -0.420. The van der Waals surface area contributed by atoms with Crippen LogP contribution in [0.4, 0.5) is 0 Å². The summed E-state index contributed by atoms with van der Waals surface area (Å²) in [7, 11) is 0. The summed E-state index contributed by atoms with van der Waals surface area (Å²) in [6.45, 7) is 6.40. The molecule has 3 N–H and O–H groups in total. The van der Waals surface area contributed by atoms with Gasteiger partial charge in [0.1, 0.15) is 0 Å². The summed E-state index contributed by atoms with van der Waals surface area (Å²) in [4.78, 5) is 12.2. The Labute approximate surface area is 133 Å². The molecule has 108 valence electrons. The third kappa shape index (κ3) is 4.63. The maximum Gasteiger partial charge on any atom is 0.252 e. The molecule has 19 heavy (non-hydrogen) atoms. The molecule has 1 atom stereocenters. The summed E-state index contributed by atoms with van der Waals surface area (Å²) >= 11 is 9.19. The quantitative estimate of drug-likeness (QED) is 0.851. The number of hydrogen-bond acceptors (Lipinski definition) is 2. The summed E-state index contributed by atoms with van der Waals surface area (Å²) in [5.41, 5.74) is 5.88. The van der Waals surface area contributed by atoms with Crippen molar-refractivity contribution in [1.29, 1.82) is 0 Å². The van der Waals surface area contributed by atoms with Gasteiger partial charge in [-0.25, -0.2) is 0 Å². The topological polar surface area (TPSA) is 55.1 Å². The molecule has 0 bridgehead atoms. The van der Waals surface area contributed by atoms with Crippen molar-refractivity contribution in [3.05, 3.63) is 33.3 Å². The van der Waals surface area contributed by atoms with Crippen LogP contribution in [0, 0.1) is 5.92 Å². The van der Waals surface area contributed by atoms with Crippen LogP contribution >= 0.6 is 39.9 Å². The molecule has 1 aromatic rings. The first kappa shape index (κ1) is 18.7. The van der Waals surface area contributed by atoms with Crippen molar-refractivity contribution in [2.45, 2.75) is 26.3 Å². The molecule has 0 aliphatic rings. The highest BCUT2D eigenvalue weighted by Crippen LogP contribution is 2.23. The fourth-order valence-electron chi connectivity index (χ4n) is 1.43. The number of rotatable bonds is 4. The van der Waals surface area contributed by atoms with Gasteiger partial charge in [0, 0.05) is 16.0 Å². The molecular formula is C13H19BrCl2N2O. The highest BCUT2D eigenvalue weighted by molar-refractivity contribution is 9.10. The van der Waals surface area contributed by atoms with E-state index in [4.69, 9.17) is 17.3 Å². The fourth-order valence-corrected chi connectivity index (χ4v) is 2.29. The summed E-state index contributed by atoms with van der Waals surface area (Å²) in [6.07, 6.45) is 0. The molecule has 1 amide bonds. The van der Waals surface area contributed by atoms with E-state index in [1.54, 1.807) is 18.2 Å². The van der Waals surface area contributed by atoms with E-state index in [1.807, 2.05) is 20.8 Å². The van der Waals surface area contributed by atoms with Crippen molar-refractivity contribution >= 4 is 45.8 Å². The van der Waals surface area contributed by atoms with Gasteiger partial charge in [0.25, 0.3) is 5.91 Å². The number of nitrogens with two attached hydrogens (primary N) is 1. The number of hydrogen-bond donors (Lipinski definition) is 2. The van der Waals surface area contributed by atoms with Crippen molar-refractivity contribution < 1.29 is 4.79 Å². The third-order valence-electron chi connectivity index (χ3n) is 3.27. The van der Waals surface area contributed by atoms with E-state index < -0.39 is 5.54 Å². The molecule has 0 radical (unpaired) electrons. The van der Waals surface area contributed by atoms with E-state index >= 15 is 0 Å². The van der Waals surface area contributed by atoms with E-state index in [0.29, 0.717) is 21.6 Å². The number of carbonyl (C=O) groups excluding carboxylic acids is 1. The Morgan fingerprint density at radius 3 is 2.53 bits per heavy atom. The zero-order chi connectivity index (χ0) is 13.9. The first-order chi connectivity index (χ1) is 8.30. The van der Waals surface area contributed by atoms with Gasteiger partial charge < -0.3 is 11.1 Å². The normalized spacial score (nSPS) is 13.6. The second-order valence-corrected chi connectivity index (χ2v) is 6.15. The Balaban J connectivity index is 0.00000324. The molecule has 0 heterocycles. The van der Waals surface area contributed by atoms with E-state index in [2.05, 4.69) is 21.2 Å². The zero-order valence-corrected chi connectivity index (χ0v) is 14.3. The van der Waals surface area contributed by atoms with Crippen LogP contribution in [0.3, 0.4) is 0 Å². The minimum absolute atomic E-state index is 0. The molecule has 1 aromatic carbocycles. The van der Waals surface area contributed by atoms with Gasteiger partial charge in [-0.15, -0.1) is 12.4 Å². The molecule has 1 unspecified atom stereocenters. The highest BCUT2D eigenvalue weighted by atomic mass is 79.9. The van der Waals surface area contributed by atoms with Gasteiger partial charge >= 0.3 is 0 Å². The first-order valence-corrected chi connectivity index (χ1v) is 6.95. The van der Waals surface area contributed by atoms with E-state index in [9.17, 15) is 4.79 Å². The maximum absolute atomic E-state index is 12.2. The lowest BCUT2D eigenvalue weighted by Crippen LogP contribution is -2.55. The van der Waals surface area contributed by atoms with Crippen molar-refractivity contribution in [3.63, 3.8) is 0 Å². The van der Waals surface area contributed by atoms with Gasteiger partial charge in [-0.3, -0.25) is 4.79 Å². The number of benzene rings is 1. The fraction of sp³-hybridized carbons (Fsp3) is 0.462. The standard InChI is InChI=1S/C13H18BrClN2O.ClH/c1-8(2)13(3,7-16)17-12(18)10-5-4-9(15)6-11(10)14;/h4-6,8H,7,16H2,1-3H3,(H,17,18);1H. The van der Waals surface area contributed by atoms with Crippen LogP contribution in [0.15, 0.2) is 22.7 Å². The van der Waals surface area contributed by atoms with Gasteiger partial charge in [-0.2, -0.15) is 0 Å². The van der Waals surface area contributed by atoms with E-state index in [1.165, 1.54) is 0 Å². The summed E-state index contributed by atoms with van der Waals surface area (Å²) in [5.74, 6) is 0.0951. The average Bonchev–Trinajstić information content (AvgIpc) is 2.28. The molecule has 0 aromatic heterocycles. The van der Waals surface area contributed by atoms with Gasteiger partial charge in [-0.1, -0.05) is 25.4 Å². The summed E-state index contributed by atoms with van der Waals surface area (Å²) in [5, 5.41) is 3.57. The predicted octanol–water partition coefficient (Wildman–Crippen LogP) is 3.63.